The number of ether oxygens (including phenoxy) is 1. The van der Waals surface area contributed by atoms with Crippen LogP contribution < -0.4 is 11.1 Å². The number of nitrogen functional groups attached to an aromatic ring is 1. The molecule has 0 radical (unpaired) electrons. The molecule has 10 heteroatoms. The van der Waals surface area contributed by atoms with Crippen molar-refractivity contribution in [2.45, 2.75) is 6.61 Å². The number of benzene rings is 2. The van der Waals surface area contributed by atoms with E-state index < -0.39 is 5.97 Å². The predicted octanol–water partition coefficient (Wildman–Crippen LogP) is 3.08. The zero-order chi connectivity index (χ0) is 20.9. The Balaban J connectivity index is 1.46. The van der Waals surface area contributed by atoms with E-state index in [0.29, 0.717) is 11.4 Å². The molecule has 0 bridgehead atoms. The summed E-state index contributed by atoms with van der Waals surface area (Å²) in [6.45, 7) is -0.219. The van der Waals surface area contributed by atoms with Gasteiger partial charge in [-0.2, -0.15) is 20.1 Å². The van der Waals surface area contributed by atoms with Crippen LogP contribution in [0.4, 0.5) is 22.0 Å². The minimum Gasteiger partial charge on any atom is -0.454 e. The van der Waals surface area contributed by atoms with Crippen molar-refractivity contribution in [2.24, 2.45) is 0 Å². The van der Waals surface area contributed by atoms with Crippen LogP contribution in [-0.4, -0.2) is 31.1 Å². The number of carbonyl (C=O) groups excluding carboxylic acids is 1. The van der Waals surface area contributed by atoms with Gasteiger partial charge in [0.15, 0.2) is 12.4 Å². The van der Waals surface area contributed by atoms with E-state index in [0.717, 1.165) is 5.56 Å². The van der Waals surface area contributed by atoms with Crippen LogP contribution >= 0.6 is 0 Å². The topological polar surface area (TPSA) is 132 Å². The van der Waals surface area contributed by atoms with Crippen LogP contribution in [0.3, 0.4) is 0 Å². The number of esters is 1. The number of hydrogen-bond acceptors (Lipinski definition) is 8. The fraction of sp³-hybridized carbons (Fsp3) is 0.0500. The number of rotatable bonds is 6. The van der Waals surface area contributed by atoms with E-state index in [4.69, 9.17) is 10.5 Å². The quantitative estimate of drug-likeness (QED) is 0.417. The van der Waals surface area contributed by atoms with Crippen molar-refractivity contribution >= 4 is 23.6 Å². The highest BCUT2D eigenvalue weighted by atomic mass is 19.1. The van der Waals surface area contributed by atoms with Gasteiger partial charge in [-0.25, -0.2) is 9.18 Å². The molecule has 4 N–H and O–H groups in total. The van der Waals surface area contributed by atoms with E-state index >= 15 is 0 Å². The second-order valence-corrected chi connectivity index (χ2v) is 6.17. The van der Waals surface area contributed by atoms with Crippen LogP contribution in [0.5, 0.6) is 0 Å². The fourth-order valence-corrected chi connectivity index (χ4v) is 2.69. The van der Waals surface area contributed by atoms with Gasteiger partial charge in [-0.05, 0) is 24.3 Å². The van der Waals surface area contributed by atoms with Crippen LogP contribution in [-0.2, 0) is 11.3 Å². The molecular formula is C20H16FN7O2. The summed E-state index contributed by atoms with van der Waals surface area (Å²) < 4.78 is 18.4. The van der Waals surface area contributed by atoms with Crippen LogP contribution in [0, 0.1) is 5.82 Å². The number of nitrogens with one attached hydrogen (secondary N) is 2. The number of aromatic nitrogens is 5. The summed E-state index contributed by atoms with van der Waals surface area (Å²) >= 11 is 0. The summed E-state index contributed by atoms with van der Waals surface area (Å²) in [5.74, 6) is -0.695. The Labute approximate surface area is 170 Å². The lowest BCUT2D eigenvalue weighted by Gasteiger charge is -2.08. The Bertz CT molecular complexity index is 1160. The average Bonchev–Trinajstić information content (AvgIpc) is 3.24. The summed E-state index contributed by atoms with van der Waals surface area (Å²) in [4.78, 5) is 24.7. The van der Waals surface area contributed by atoms with Crippen molar-refractivity contribution in [3.05, 3.63) is 78.0 Å². The highest BCUT2D eigenvalue weighted by Crippen LogP contribution is 2.21. The number of hydrogen-bond donors (Lipinski definition) is 3. The fourth-order valence-electron chi connectivity index (χ4n) is 2.69. The highest BCUT2D eigenvalue weighted by molar-refractivity contribution is 5.95. The van der Waals surface area contributed by atoms with Gasteiger partial charge in [0.2, 0.25) is 11.9 Å². The third-order valence-corrected chi connectivity index (χ3v) is 4.05. The Morgan fingerprint density at radius 3 is 2.60 bits per heavy atom. The normalized spacial score (nSPS) is 10.6. The molecule has 9 nitrogen and oxygen atoms in total. The standard InChI is InChI=1S/C20H16FN7O2/c21-13-6-8-14(9-7-13)24-20-26-16(25-19(22)27-20)11-30-18(29)15-10-23-28-17(15)12-4-2-1-3-5-12/h1-10H,11H2,(H,23,28)(H3,22,24,25,26,27). The van der Waals surface area contributed by atoms with Gasteiger partial charge in [0.1, 0.15) is 11.4 Å². The number of nitrogens with two attached hydrogens (primary N) is 1. The molecule has 2 aromatic heterocycles. The van der Waals surface area contributed by atoms with Crippen molar-refractivity contribution in [1.29, 1.82) is 0 Å². The Hall–Kier alpha value is -4.34. The second-order valence-electron chi connectivity index (χ2n) is 6.17. The number of nitrogens with zero attached hydrogens (tertiary/aromatic N) is 4. The predicted molar refractivity (Wildman–Crippen MR) is 107 cm³/mol. The van der Waals surface area contributed by atoms with Crippen LogP contribution in [0.15, 0.2) is 60.8 Å². The Morgan fingerprint density at radius 1 is 1.07 bits per heavy atom. The summed E-state index contributed by atoms with van der Waals surface area (Å²) in [7, 11) is 0. The van der Waals surface area contributed by atoms with Gasteiger partial charge in [-0.15, -0.1) is 0 Å². The third kappa shape index (κ3) is 4.38. The molecule has 0 aliphatic rings. The molecule has 0 fully saturated rings. The minimum absolute atomic E-state index is 0.0473. The maximum absolute atomic E-state index is 13.0. The van der Waals surface area contributed by atoms with Gasteiger partial charge in [-0.3, -0.25) is 5.10 Å². The van der Waals surface area contributed by atoms with Crippen LogP contribution in [0.1, 0.15) is 16.2 Å². The summed E-state index contributed by atoms with van der Waals surface area (Å²) in [5, 5.41) is 9.63. The van der Waals surface area contributed by atoms with Crippen molar-refractivity contribution < 1.29 is 13.9 Å². The van der Waals surface area contributed by atoms with E-state index in [1.165, 1.54) is 30.5 Å². The number of carbonyl (C=O) groups is 1. The lowest BCUT2D eigenvalue weighted by Crippen LogP contribution is -2.11. The molecule has 0 amide bonds. The number of anilines is 3. The molecule has 0 aliphatic carbocycles. The van der Waals surface area contributed by atoms with Crippen molar-refractivity contribution in [1.82, 2.24) is 25.1 Å². The lowest BCUT2D eigenvalue weighted by molar-refractivity contribution is 0.0463. The van der Waals surface area contributed by atoms with Crippen molar-refractivity contribution in [3.8, 4) is 11.3 Å². The third-order valence-electron chi connectivity index (χ3n) is 4.05. The maximum atomic E-state index is 13.0. The smallest absolute Gasteiger partial charge is 0.342 e. The molecular weight excluding hydrogens is 389 g/mol. The molecule has 0 atom stereocenters. The summed E-state index contributed by atoms with van der Waals surface area (Å²) in [6.07, 6.45) is 1.40. The molecule has 0 saturated heterocycles. The second kappa shape index (κ2) is 8.35. The lowest BCUT2D eigenvalue weighted by atomic mass is 10.1. The number of halogens is 1. The Kier molecular flexibility index (Phi) is 5.29. The van der Waals surface area contributed by atoms with Crippen molar-refractivity contribution in [2.75, 3.05) is 11.1 Å². The highest BCUT2D eigenvalue weighted by Gasteiger charge is 2.17. The van der Waals surface area contributed by atoms with Gasteiger partial charge in [-0.1, -0.05) is 30.3 Å². The molecule has 4 aromatic rings. The largest absolute Gasteiger partial charge is 0.454 e. The molecule has 30 heavy (non-hydrogen) atoms. The number of H-pyrrole nitrogens is 1. The maximum Gasteiger partial charge on any atom is 0.342 e. The monoisotopic (exact) mass is 405 g/mol. The molecule has 0 unspecified atom stereocenters. The first-order chi connectivity index (χ1) is 14.6. The van der Waals surface area contributed by atoms with E-state index in [1.54, 1.807) is 0 Å². The van der Waals surface area contributed by atoms with Crippen molar-refractivity contribution in [3.63, 3.8) is 0 Å². The van der Waals surface area contributed by atoms with E-state index in [2.05, 4.69) is 30.5 Å². The molecule has 0 aliphatic heterocycles. The molecule has 0 saturated carbocycles. The number of aromatic amines is 1. The molecule has 150 valence electrons. The molecule has 0 spiro atoms. The molecule has 2 aromatic carbocycles. The SMILES string of the molecule is Nc1nc(COC(=O)c2cn[nH]c2-c2ccccc2)nc(Nc2ccc(F)cc2)n1. The Morgan fingerprint density at radius 2 is 1.83 bits per heavy atom. The molecule has 2 heterocycles. The first-order valence-corrected chi connectivity index (χ1v) is 8.87. The first kappa shape index (κ1) is 19.0. The van der Waals surface area contributed by atoms with Gasteiger partial charge < -0.3 is 15.8 Å². The zero-order valence-electron chi connectivity index (χ0n) is 15.5. The van der Waals surface area contributed by atoms with Crippen LogP contribution in [0.25, 0.3) is 11.3 Å². The molecule has 4 rings (SSSR count). The van der Waals surface area contributed by atoms with E-state index in [-0.39, 0.29) is 35.7 Å². The van der Waals surface area contributed by atoms with Gasteiger partial charge >= 0.3 is 5.97 Å². The average molecular weight is 405 g/mol. The zero-order valence-corrected chi connectivity index (χ0v) is 15.5. The minimum atomic E-state index is -0.588. The van der Waals surface area contributed by atoms with E-state index in [9.17, 15) is 9.18 Å². The van der Waals surface area contributed by atoms with Gasteiger partial charge in [0.25, 0.3) is 0 Å². The summed E-state index contributed by atoms with van der Waals surface area (Å²) in [5.41, 5.74) is 7.92. The van der Waals surface area contributed by atoms with E-state index in [1.807, 2.05) is 30.3 Å². The first-order valence-electron chi connectivity index (χ1n) is 8.87. The van der Waals surface area contributed by atoms with Crippen LogP contribution in [0.2, 0.25) is 0 Å². The summed E-state index contributed by atoms with van der Waals surface area (Å²) in [6, 6.07) is 14.9. The van der Waals surface area contributed by atoms with Gasteiger partial charge in [0.05, 0.1) is 11.9 Å². The van der Waals surface area contributed by atoms with Gasteiger partial charge in [0, 0.05) is 11.3 Å².